The first-order valence-corrected chi connectivity index (χ1v) is 6.20. The van der Waals surface area contributed by atoms with Gasteiger partial charge < -0.3 is 14.2 Å². The SMILES string of the molecule is COc1cc(OC)cc(Oc2ccncc2CCl)c1. The molecule has 100 valence electrons. The lowest BCUT2D eigenvalue weighted by Gasteiger charge is -2.11. The van der Waals surface area contributed by atoms with Crippen LogP contribution < -0.4 is 14.2 Å². The number of methoxy groups -OCH3 is 2. The second kappa shape index (κ2) is 6.29. The van der Waals surface area contributed by atoms with Crippen LogP contribution in [0.2, 0.25) is 0 Å². The Kier molecular flexibility index (Phi) is 4.47. The van der Waals surface area contributed by atoms with E-state index >= 15 is 0 Å². The summed E-state index contributed by atoms with van der Waals surface area (Å²) in [6, 6.07) is 7.10. The molecule has 0 saturated heterocycles. The highest BCUT2D eigenvalue weighted by molar-refractivity contribution is 6.17. The molecule has 0 radical (unpaired) electrons. The molecule has 1 heterocycles. The van der Waals surface area contributed by atoms with Gasteiger partial charge in [0.15, 0.2) is 0 Å². The number of benzene rings is 1. The van der Waals surface area contributed by atoms with E-state index in [1.165, 1.54) is 0 Å². The second-order valence-electron chi connectivity index (χ2n) is 3.77. The van der Waals surface area contributed by atoms with Gasteiger partial charge >= 0.3 is 0 Å². The zero-order valence-corrected chi connectivity index (χ0v) is 11.5. The lowest BCUT2D eigenvalue weighted by atomic mass is 10.2. The molecule has 2 aromatic rings. The van der Waals surface area contributed by atoms with Crippen LogP contribution in [0.1, 0.15) is 5.56 Å². The van der Waals surface area contributed by atoms with Crippen molar-refractivity contribution in [3.63, 3.8) is 0 Å². The van der Waals surface area contributed by atoms with Crippen LogP contribution in [0.3, 0.4) is 0 Å². The van der Waals surface area contributed by atoms with Gasteiger partial charge in [-0.3, -0.25) is 4.98 Å². The van der Waals surface area contributed by atoms with Gasteiger partial charge in [0.05, 0.1) is 20.1 Å². The molecule has 19 heavy (non-hydrogen) atoms. The Hall–Kier alpha value is -1.94. The summed E-state index contributed by atoms with van der Waals surface area (Å²) in [5.74, 6) is 2.95. The fraction of sp³-hybridized carbons (Fsp3) is 0.214. The molecule has 0 unspecified atom stereocenters. The van der Waals surface area contributed by atoms with Crippen LogP contribution in [0, 0.1) is 0 Å². The molecule has 0 spiro atoms. The van der Waals surface area contributed by atoms with E-state index in [-0.39, 0.29) is 0 Å². The Bertz CT molecular complexity index is 538. The first-order valence-electron chi connectivity index (χ1n) is 5.66. The van der Waals surface area contributed by atoms with Gasteiger partial charge in [0.1, 0.15) is 23.0 Å². The highest BCUT2D eigenvalue weighted by Crippen LogP contribution is 2.32. The summed E-state index contributed by atoms with van der Waals surface area (Å²) in [5, 5.41) is 0. The third-order valence-electron chi connectivity index (χ3n) is 2.56. The van der Waals surface area contributed by atoms with Crippen molar-refractivity contribution in [3.8, 4) is 23.0 Å². The maximum atomic E-state index is 5.85. The van der Waals surface area contributed by atoms with Crippen molar-refractivity contribution >= 4 is 11.6 Å². The van der Waals surface area contributed by atoms with Crippen molar-refractivity contribution in [3.05, 3.63) is 42.2 Å². The Balaban J connectivity index is 2.32. The van der Waals surface area contributed by atoms with E-state index in [9.17, 15) is 0 Å². The molecule has 0 aliphatic heterocycles. The summed E-state index contributed by atoms with van der Waals surface area (Å²) in [7, 11) is 3.18. The first kappa shape index (κ1) is 13.5. The van der Waals surface area contributed by atoms with Crippen molar-refractivity contribution in [2.24, 2.45) is 0 Å². The predicted octanol–water partition coefficient (Wildman–Crippen LogP) is 3.63. The fourth-order valence-corrected chi connectivity index (χ4v) is 1.78. The van der Waals surface area contributed by atoms with Crippen LogP contribution in [0.4, 0.5) is 0 Å². The zero-order chi connectivity index (χ0) is 13.7. The van der Waals surface area contributed by atoms with Gasteiger partial charge in [0.25, 0.3) is 0 Å². The maximum absolute atomic E-state index is 5.85. The first-order chi connectivity index (χ1) is 9.26. The number of alkyl halides is 1. The van der Waals surface area contributed by atoms with Gasteiger partial charge in [0.2, 0.25) is 0 Å². The number of rotatable bonds is 5. The van der Waals surface area contributed by atoms with Gasteiger partial charge in [-0.05, 0) is 6.07 Å². The number of hydrogen-bond donors (Lipinski definition) is 0. The van der Waals surface area contributed by atoms with Crippen LogP contribution in [0.5, 0.6) is 23.0 Å². The van der Waals surface area contributed by atoms with E-state index in [2.05, 4.69) is 4.98 Å². The molecular formula is C14H14ClNO3. The lowest BCUT2D eigenvalue weighted by molar-refractivity contribution is 0.386. The molecule has 0 fully saturated rings. The predicted molar refractivity (Wildman–Crippen MR) is 73.4 cm³/mol. The zero-order valence-electron chi connectivity index (χ0n) is 10.7. The molecule has 0 N–H and O–H groups in total. The number of nitrogens with zero attached hydrogens (tertiary/aromatic N) is 1. The number of aromatic nitrogens is 1. The third kappa shape index (κ3) is 3.29. The molecule has 0 aliphatic rings. The molecule has 5 heteroatoms. The van der Waals surface area contributed by atoms with Crippen LogP contribution in [-0.2, 0) is 5.88 Å². The Morgan fingerprint density at radius 2 is 1.68 bits per heavy atom. The van der Waals surface area contributed by atoms with Crippen LogP contribution in [0.25, 0.3) is 0 Å². The summed E-state index contributed by atoms with van der Waals surface area (Å²) < 4.78 is 16.2. The quantitative estimate of drug-likeness (QED) is 0.784. The number of ether oxygens (including phenoxy) is 3. The van der Waals surface area contributed by atoms with Gasteiger partial charge in [-0.15, -0.1) is 11.6 Å². The van der Waals surface area contributed by atoms with Gasteiger partial charge in [-0.2, -0.15) is 0 Å². The molecule has 1 aromatic carbocycles. The lowest BCUT2D eigenvalue weighted by Crippen LogP contribution is -1.93. The number of halogens is 1. The van der Waals surface area contributed by atoms with Crippen LogP contribution in [-0.4, -0.2) is 19.2 Å². The topological polar surface area (TPSA) is 40.6 Å². The second-order valence-corrected chi connectivity index (χ2v) is 4.03. The van der Waals surface area contributed by atoms with E-state index < -0.39 is 0 Å². The average molecular weight is 280 g/mol. The molecule has 0 amide bonds. The minimum absolute atomic E-state index is 0.338. The van der Waals surface area contributed by atoms with Gasteiger partial charge in [-0.25, -0.2) is 0 Å². The molecule has 4 nitrogen and oxygen atoms in total. The van der Waals surface area contributed by atoms with E-state index in [1.807, 2.05) is 0 Å². The molecule has 2 rings (SSSR count). The Labute approximate surface area is 116 Å². The summed E-state index contributed by atoms with van der Waals surface area (Å²) in [4.78, 5) is 4.01. The maximum Gasteiger partial charge on any atom is 0.134 e. The largest absolute Gasteiger partial charge is 0.496 e. The third-order valence-corrected chi connectivity index (χ3v) is 2.84. The summed E-state index contributed by atoms with van der Waals surface area (Å²) in [6.45, 7) is 0. The summed E-state index contributed by atoms with van der Waals surface area (Å²) >= 11 is 5.85. The molecule has 1 aromatic heterocycles. The Morgan fingerprint density at radius 1 is 1.05 bits per heavy atom. The van der Waals surface area contributed by atoms with Gasteiger partial charge in [-0.1, -0.05) is 0 Å². The van der Waals surface area contributed by atoms with Crippen molar-refractivity contribution in [2.75, 3.05) is 14.2 Å². The number of hydrogen-bond acceptors (Lipinski definition) is 4. The minimum atomic E-state index is 0.338. The van der Waals surface area contributed by atoms with Crippen molar-refractivity contribution in [1.29, 1.82) is 0 Å². The van der Waals surface area contributed by atoms with Crippen molar-refractivity contribution < 1.29 is 14.2 Å². The number of pyridine rings is 1. The molecular weight excluding hydrogens is 266 g/mol. The molecule has 0 atom stereocenters. The monoisotopic (exact) mass is 279 g/mol. The van der Waals surface area contributed by atoms with Crippen LogP contribution in [0.15, 0.2) is 36.7 Å². The van der Waals surface area contributed by atoms with Crippen molar-refractivity contribution in [1.82, 2.24) is 4.98 Å². The standard InChI is InChI=1S/C14H14ClNO3/c1-17-11-5-12(18-2)7-13(6-11)19-14-3-4-16-9-10(14)8-15/h3-7,9H,8H2,1-2H3. The van der Waals surface area contributed by atoms with Gasteiger partial charge in [0, 0.05) is 36.2 Å². The highest BCUT2D eigenvalue weighted by atomic mass is 35.5. The molecule has 0 saturated carbocycles. The highest BCUT2D eigenvalue weighted by Gasteiger charge is 2.07. The smallest absolute Gasteiger partial charge is 0.134 e. The fourth-order valence-electron chi connectivity index (χ4n) is 1.58. The van der Waals surface area contributed by atoms with E-state index in [0.29, 0.717) is 28.9 Å². The molecule has 0 bridgehead atoms. The summed E-state index contributed by atoms with van der Waals surface area (Å²) in [6.07, 6.45) is 3.34. The Morgan fingerprint density at radius 3 is 2.26 bits per heavy atom. The van der Waals surface area contributed by atoms with E-state index in [1.54, 1.807) is 50.9 Å². The minimum Gasteiger partial charge on any atom is -0.496 e. The van der Waals surface area contributed by atoms with E-state index in [4.69, 9.17) is 25.8 Å². The molecule has 0 aliphatic carbocycles. The summed E-state index contributed by atoms with van der Waals surface area (Å²) in [5.41, 5.74) is 0.825. The normalized spacial score (nSPS) is 10.1. The van der Waals surface area contributed by atoms with E-state index in [0.717, 1.165) is 5.56 Å². The average Bonchev–Trinajstić information content (AvgIpc) is 2.47. The van der Waals surface area contributed by atoms with Crippen molar-refractivity contribution in [2.45, 2.75) is 5.88 Å². The van der Waals surface area contributed by atoms with Crippen LogP contribution >= 0.6 is 11.6 Å².